The van der Waals surface area contributed by atoms with Crippen molar-refractivity contribution in [3.05, 3.63) is 0 Å². The lowest BCUT2D eigenvalue weighted by molar-refractivity contribution is -0.128. The zero-order valence-electron chi connectivity index (χ0n) is 9.55. The third-order valence-corrected chi connectivity index (χ3v) is 3.33. The second-order valence-electron chi connectivity index (χ2n) is 4.27. The fourth-order valence-electron chi connectivity index (χ4n) is 1.67. The van der Waals surface area contributed by atoms with Crippen molar-refractivity contribution in [3.8, 4) is 0 Å². The Morgan fingerprint density at radius 3 is 2.64 bits per heavy atom. The number of rotatable bonds is 5. The van der Waals surface area contributed by atoms with E-state index in [1.54, 1.807) is 4.90 Å². The Balaban J connectivity index is 2.15. The molecular weight excluding hydrogens is 176 g/mol. The normalized spacial score (nSPS) is 18.8. The monoisotopic (exact) mass is 198 g/mol. The maximum atomic E-state index is 11.5. The van der Waals surface area contributed by atoms with E-state index in [0.717, 1.165) is 12.5 Å². The second kappa shape index (κ2) is 5.35. The SMILES string of the molecule is CCN(C)C(=O)CNC(C)C1CCC1. The van der Waals surface area contributed by atoms with E-state index in [1.807, 2.05) is 14.0 Å². The fourth-order valence-corrected chi connectivity index (χ4v) is 1.67. The van der Waals surface area contributed by atoms with Gasteiger partial charge in [-0.2, -0.15) is 0 Å². The first-order valence-electron chi connectivity index (χ1n) is 5.62. The molecule has 0 aromatic carbocycles. The summed E-state index contributed by atoms with van der Waals surface area (Å²) in [6, 6.07) is 0.498. The van der Waals surface area contributed by atoms with Crippen molar-refractivity contribution in [2.75, 3.05) is 20.1 Å². The Hall–Kier alpha value is -0.570. The zero-order valence-corrected chi connectivity index (χ0v) is 9.55. The number of likely N-dealkylation sites (N-methyl/N-ethyl adjacent to an activating group) is 1. The third kappa shape index (κ3) is 2.98. The van der Waals surface area contributed by atoms with Gasteiger partial charge < -0.3 is 10.2 Å². The van der Waals surface area contributed by atoms with Crippen LogP contribution < -0.4 is 5.32 Å². The average molecular weight is 198 g/mol. The predicted molar refractivity (Wildman–Crippen MR) is 58.1 cm³/mol. The first-order valence-corrected chi connectivity index (χ1v) is 5.62. The summed E-state index contributed by atoms with van der Waals surface area (Å²) in [5, 5.41) is 3.31. The molecule has 1 aliphatic rings. The minimum Gasteiger partial charge on any atom is -0.345 e. The number of hydrogen-bond donors (Lipinski definition) is 1. The van der Waals surface area contributed by atoms with Crippen LogP contribution in [0.4, 0.5) is 0 Å². The van der Waals surface area contributed by atoms with E-state index in [2.05, 4.69) is 12.2 Å². The molecule has 0 aromatic heterocycles. The maximum absolute atomic E-state index is 11.5. The van der Waals surface area contributed by atoms with Crippen LogP contribution in [0.3, 0.4) is 0 Å². The highest BCUT2D eigenvalue weighted by molar-refractivity contribution is 5.77. The molecular formula is C11H22N2O. The molecule has 82 valence electrons. The molecule has 3 heteroatoms. The summed E-state index contributed by atoms with van der Waals surface area (Å²) in [5.41, 5.74) is 0. The van der Waals surface area contributed by atoms with E-state index in [-0.39, 0.29) is 5.91 Å². The quantitative estimate of drug-likeness (QED) is 0.721. The summed E-state index contributed by atoms with van der Waals surface area (Å²) in [7, 11) is 1.85. The smallest absolute Gasteiger partial charge is 0.236 e. The van der Waals surface area contributed by atoms with Gasteiger partial charge in [0, 0.05) is 19.6 Å². The van der Waals surface area contributed by atoms with Crippen LogP contribution in [0.25, 0.3) is 0 Å². The minimum absolute atomic E-state index is 0.193. The minimum atomic E-state index is 0.193. The van der Waals surface area contributed by atoms with Crippen LogP contribution in [0.5, 0.6) is 0 Å². The van der Waals surface area contributed by atoms with E-state index in [4.69, 9.17) is 0 Å². The Bertz CT molecular complexity index is 190. The van der Waals surface area contributed by atoms with Crippen LogP contribution >= 0.6 is 0 Å². The Kier molecular flexibility index (Phi) is 4.39. The van der Waals surface area contributed by atoms with Gasteiger partial charge in [-0.1, -0.05) is 6.42 Å². The number of carbonyl (C=O) groups is 1. The molecule has 1 saturated carbocycles. The topological polar surface area (TPSA) is 32.3 Å². The van der Waals surface area contributed by atoms with Gasteiger partial charge in [0.2, 0.25) is 5.91 Å². The first kappa shape index (κ1) is 11.5. The molecule has 1 amide bonds. The lowest BCUT2D eigenvalue weighted by Gasteiger charge is -2.32. The Morgan fingerprint density at radius 2 is 2.21 bits per heavy atom. The second-order valence-corrected chi connectivity index (χ2v) is 4.27. The molecule has 1 aliphatic carbocycles. The molecule has 1 atom stereocenters. The summed E-state index contributed by atoms with van der Waals surface area (Å²) < 4.78 is 0. The highest BCUT2D eigenvalue weighted by atomic mass is 16.2. The molecule has 0 bridgehead atoms. The molecule has 1 unspecified atom stereocenters. The highest BCUT2D eigenvalue weighted by Crippen LogP contribution is 2.29. The van der Waals surface area contributed by atoms with Crippen molar-refractivity contribution >= 4 is 5.91 Å². The van der Waals surface area contributed by atoms with Gasteiger partial charge in [0.1, 0.15) is 0 Å². The first-order chi connectivity index (χ1) is 6.65. The molecule has 14 heavy (non-hydrogen) atoms. The van der Waals surface area contributed by atoms with Gasteiger partial charge in [-0.3, -0.25) is 4.79 Å². The lowest BCUT2D eigenvalue weighted by Crippen LogP contribution is -2.43. The van der Waals surface area contributed by atoms with E-state index in [9.17, 15) is 4.79 Å². The third-order valence-electron chi connectivity index (χ3n) is 3.33. The number of nitrogens with one attached hydrogen (secondary N) is 1. The summed E-state index contributed by atoms with van der Waals surface area (Å²) in [4.78, 5) is 13.2. The lowest BCUT2D eigenvalue weighted by atomic mass is 9.80. The van der Waals surface area contributed by atoms with Crippen molar-refractivity contribution in [2.45, 2.75) is 39.2 Å². The van der Waals surface area contributed by atoms with Gasteiger partial charge in [0.25, 0.3) is 0 Å². The van der Waals surface area contributed by atoms with Crippen LogP contribution in [0, 0.1) is 5.92 Å². The van der Waals surface area contributed by atoms with Crippen LogP contribution in [0.15, 0.2) is 0 Å². The van der Waals surface area contributed by atoms with E-state index in [1.165, 1.54) is 19.3 Å². The molecule has 0 radical (unpaired) electrons. The summed E-state index contributed by atoms with van der Waals surface area (Å²) >= 11 is 0. The zero-order chi connectivity index (χ0) is 10.6. The van der Waals surface area contributed by atoms with Gasteiger partial charge in [0.05, 0.1) is 6.54 Å². The van der Waals surface area contributed by atoms with Crippen LogP contribution in [0.1, 0.15) is 33.1 Å². The number of amides is 1. The van der Waals surface area contributed by atoms with Gasteiger partial charge >= 0.3 is 0 Å². The molecule has 0 spiro atoms. The van der Waals surface area contributed by atoms with E-state index < -0.39 is 0 Å². The van der Waals surface area contributed by atoms with E-state index in [0.29, 0.717) is 12.6 Å². The highest BCUT2D eigenvalue weighted by Gasteiger charge is 2.23. The van der Waals surface area contributed by atoms with Crippen LogP contribution in [-0.4, -0.2) is 37.0 Å². The standard InChI is InChI=1S/C11H22N2O/c1-4-13(3)11(14)8-12-9(2)10-6-5-7-10/h9-10,12H,4-8H2,1-3H3. The van der Waals surface area contributed by atoms with Crippen molar-refractivity contribution in [2.24, 2.45) is 5.92 Å². The van der Waals surface area contributed by atoms with Crippen LogP contribution in [-0.2, 0) is 4.79 Å². The molecule has 0 aliphatic heterocycles. The molecule has 3 nitrogen and oxygen atoms in total. The molecule has 1 fully saturated rings. The molecule has 0 aromatic rings. The largest absolute Gasteiger partial charge is 0.345 e. The number of nitrogens with zero attached hydrogens (tertiary/aromatic N) is 1. The molecule has 0 heterocycles. The number of carbonyl (C=O) groups excluding carboxylic acids is 1. The van der Waals surface area contributed by atoms with Crippen molar-refractivity contribution in [1.29, 1.82) is 0 Å². The Labute approximate surface area is 86.9 Å². The number of hydrogen-bond acceptors (Lipinski definition) is 2. The summed E-state index contributed by atoms with van der Waals surface area (Å²) in [5.74, 6) is 0.994. The van der Waals surface area contributed by atoms with Crippen molar-refractivity contribution < 1.29 is 4.79 Å². The Morgan fingerprint density at radius 1 is 1.57 bits per heavy atom. The van der Waals surface area contributed by atoms with Gasteiger partial charge in [0.15, 0.2) is 0 Å². The van der Waals surface area contributed by atoms with Crippen LogP contribution in [0.2, 0.25) is 0 Å². The average Bonchev–Trinajstić information content (AvgIpc) is 2.10. The molecule has 0 saturated heterocycles. The summed E-state index contributed by atoms with van der Waals surface area (Å²) in [6.45, 7) is 5.46. The predicted octanol–water partition coefficient (Wildman–Crippen LogP) is 1.24. The summed E-state index contributed by atoms with van der Waals surface area (Å²) in [6.07, 6.45) is 4.01. The van der Waals surface area contributed by atoms with E-state index >= 15 is 0 Å². The molecule has 1 rings (SSSR count). The molecule has 1 N–H and O–H groups in total. The fraction of sp³-hybridized carbons (Fsp3) is 0.909. The van der Waals surface area contributed by atoms with Crippen molar-refractivity contribution in [3.63, 3.8) is 0 Å². The maximum Gasteiger partial charge on any atom is 0.236 e. The van der Waals surface area contributed by atoms with Gasteiger partial charge in [-0.15, -0.1) is 0 Å². The van der Waals surface area contributed by atoms with Crippen molar-refractivity contribution in [1.82, 2.24) is 10.2 Å². The van der Waals surface area contributed by atoms with Gasteiger partial charge in [-0.05, 0) is 32.6 Å². The van der Waals surface area contributed by atoms with Gasteiger partial charge in [-0.25, -0.2) is 0 Å².